The fourth-order valence-electron chi connectivity index (χ4n) is 1.43. The zero-order valence-corrected chi connectivity index (χ0v) is 10.8. The number of nitrogens with one attached hydrogen (secondary N) is 2. The molecule has 1 rings (SSSR count). The molecule has 0 atom stereocenters. The highest BCUT2D eigenvalue weighted by Crippen LogP contribution is 2.33. The van der Waals surface area contributed by atoms with E-state index in [2.05, 4.69) is 10.6 Å². The van der Waals surface area contributed by atoms with Gasteiger partial charge in [0, 0.05) is 19.5 Å². The SMILES string of the molecule is CCNC(=O)CCNc1c(N)cc(N)c(Cl)c1F. The Kier molecular flexibility index (Phi) is 5.03. The molecule has 18 heavy (non-hydrogen) atoms. The van der Waals surface area contributed by atoms with Crippen LogP contribution in [0, 0.1) is 5.82 Å². The first-order valence-electron chi connectivity index (χ1n) is 5.50. The molecule has 0 aliphatic carbocycles. The molecule has 1 aromatic carbocycles. The summed E-state index contributed by atoms with van der Waals surface area (Å²) in [5, 5.41) is 5.19. The summed E-state index contributed by atoms with van der Waals surface area (Å²) in [4.78, 5) is 11.2. The predicted octanol–water partition coefficient (Wildman–Crippen LogP) is 1.58. The Labute approximate surface area is 110 Å². The highest BCUT2D eigenvalue weighted by molar-refractivity contribution is 6.33. The predicted molar refractivity (Wildman–Crippen MR) is 72.0 cm³/mol. The molecule has 0 saturated heterocycles. The van der Waals surface area contributed by atoms with Gasteiger partial charge in [0.05, 0.1) is 17.1 Å². The molecule has 100 valence electrons. The molecular formula is C11H16ClFN4O. The molecule has 5 nitrogen and oxygen atoms in total. The summed E-state index contributed by atoms with van der Waals surface area (Å²) >= 11 is 5.67. The van der Waals surface area contributed by atoms with Crippen molar-refractivity contribution in [1.29, 1.82) is 0 Å². The molecule has 0 heterocycles. The molecule has 0 bridgehead atoms. The first kappa shape index (κ1) is 14.4. The van der Waals surface area contributed by atoms with Gasteiger partial charge in [0.2, 0.25) is 5.91 Å². The maximum Gasteiger partial charge on any atom is 0.221 e. The average Bonchev–Trinajstić information content (AvgIpc) is 2.31. The molecule has 1 aromatic rings. The lowest BCUT2D eigenvalue weighted by molar-refractivity contribution is -0.120. The van der Waals surface area contributed by atoms with Gasteiger partial charge < -0.3 is 22.1 Å². The quantitative estimate of drug-likeness (QED) is 0.613. The van der Waals surface area contributed by atoms with Crippen molar-refractivity contribution in [3.05, 3.63) is 16.9 Å². The fraction of sp³-hybridized carbons (Fsp3) is 0.364. The standard InChI is InChI=1S/C11H16ClFN4O/c1-2-16-8(18)3-4-17-11-7(15)5-6(14)9(12)10(11)13/h5,17H,2-4,14-15H2,1H3,(H,16,18). The first-order chi connectivity index (χ1) is 8.47. The second-order valence-electron chi connectivity index (χ2n) is 3.69. The van der Waals surface area contributed by atoms with Gasteiger partial charge in [0.1, 0.15) is 5.02 Å². The van der Waals surface area contributed by atoms with E-state index in [1.165, 1.54) is 6.07 Å². The van der Waals surface area contributed by atoms with Crippen LogP contribution in [0.3, 0.4) is 0 Å². The summed E-state index contributed by atoms with van der Waals surface area (Å²) in [7, 11) is 0. The molecule has 0 aliphatic rings. The molecule has 7 heteroatoms. The number of anilines is 3. The van der Waals surface area contributed by atoms with Crippen LogP contribution in [0.2, 0.25) is 5.02 Å². The molecule has 0 unspecified atom stereocenters. The molecule has 0 aromatic heterocycles. The Morgan fingerprint density at radius 2 is 2.11 bits per heavy atom. The minimum Gasteiger partial charge on any atom is -0.397 e. The number of nitrogens with two attached hydrogens (primary N) is 2. The van der Waals surface area contributed by atoms with Crippen LogP contribution in [0.1, 0.15) is 13.3 Å². The van der Waals surface area contributed by atoms with E-state index >= 15 is 0 Å². The van der Waals surface area contributed by atoms with Crippen LogP contribution in [0.15, 0.2) is 6.07 Å². The van der Waals surface area contributed by atoms with Gasteiger partial charge in [-0.2, -0.15) is 0 Å². The lowest BCUT2D eigenvalue weighted by Crippen LogP contribution is -2.25. The Morgan fingerprint density at radius 1 is 1.44 bits per heavy atom. The number of carbonyl (C=O) groups is 1. The van der Waals surface area contributed by atoms with Crippen LogP contribution >= 0.6 is 11.6 Å². The van der Waals surface area contributed by atoms with Gasteiger partial charge in [-0.3, -0.25) is 4.79 Å². The molecule has 0 aliphatic heterocycles. The molecule has 0 fully saturated rings. The van der Waals surface area contributed by atoms with Crippen LogP contribution in [0.4, 0.5) is 21.5 Å². The largest absolute Gasteiger partial charge is 0.397 e. The van der Waals surface area contributed by atoms with Crippen molar-refractivity contribution in [1.82, 2.24) is 5.32 Å². The number of carbonyl (C=O) groups excluding carboxylic acids is 1. The van der Waals surface area contributed by atoms with Crippen molar-refractivity contribution in [3.8, 4) is 0 Å². The second kappa shape index (κ2) is 6.30. The average molecular weight is 275 g/mol. The van der Waals surface area contributed by atoms with Crippen molar-refractivity contribution in [3.63, 3.8) is 0 Å². The zero-order valence-electron chi connectivity index (χ0n) is 10.0. The van der Waals surface area contributed by atoms with Crippen LogP contribution in [0.25, 0.3) is 0 Å². The Bertz CT molecular complexity index is 453. The molecule has 6 N–H and O–H groups in total. The molecule has 0 saturated carbocycles. The smallest absolute Gasteiger partial charge is 0.221 e. The van der Waals surface area contributed by atoms with Crippen molar-refractivity contribution < 1.29 is 9.18 Å². The number of rotatable bonds is 5. The van der Waals surface area contributed by atoms with Crippen LogP contribution < -0.4 is 22.1 Å². The Hall–Kier alpha value is -1.69. The molecule has 0 spiro atoms. The summed E-state index contributed by atoms with van der Waals surface area (Å²) in [6, 6.07) is 1.37. The van der Waals surface area contributed by atoms with Gasteiger partial charge in [-0.05, 0) is 13.0 Å². The van der Waals surface area contributed by atoms with Gasteiger partial charge in [-0.1, -0.05) is 11.6 Å². The maximum atomic E-state index is 13.7. The summed E-state index contributed by atoms with van der Waals surface area (Å²) in [6.07, 6.45) is 0.217. The number of halogens is 2. The normalized spacial score (nSPS) is 10.2. The van der Waals surface area contributed by atoms with Gasteiger partial charge in [-0.15, -0.1) is 0 Å². The van der Waals surface area contributed by atoms with E-state index in [-0.39, 0.29) is 41.0 Å². The van der Waals surface area contributed by atoms with Gasteiger partial charge in [0.25, 0.3) is 0 Å². The van der Waals surface area contributed by atoms with E-state index < -0.39 is 5.82 Å². The van der Waals surface area contributed by atoms with E-state index in [0.717, 1.165) is 0 Å². The van der Waals surface area contributed by atoms with E-state index in [1.807, 2.05) is 6.92 Å². The number of hydrogen-bond acceptors (Lipinski definition) is 4. The number of nitrogen functional groups attached to an aromatic ring is 2. The highest BCUT2D eigenvalue weighted by atomic mass is 35.5. The summed E-state index contributed by atoms with van der Waals surface area (Å²) in [5.74, 6) is -0.824. The minimum absolute atomic E-state index is 0.0681. The fourth-order valence-corrected chi connectivity index (χ4v) is 1.58. The van der Waals surface area contributed by atoms with E-state index in [1.54, 1.807) is 0 Å². The summed E-state index contributed by atoms with van der Waals surface area (Å²) in [5.41, 5.74) is 11.4. The highest BCUT2D eigenvalue weighted by Gasteiger charge is 2.14. The van der Waals surface area contributed by atoms with Crippen molar-refractivity contribution in [2.45, 2.75) is 13.3 Å². The minimum atomic E-state index is -0.704. The van der Waals surface area contributed by atoms with Crippen molar-refractivity contribution in [2.75, 3.05) is 29.9 Å². The zero-order chi connectivity index (χ0) is 13.7. The number of amides is 1. The monoisotopic (exact) mass is 274 g/mol. The van der Waals surface area contributed by atoms with Crippen LogP contribution in [-0.4, -0.2) is 19.0 Å². The van der Waals surface area contributed by atoms with Gasteiger partial charge in [-0.25, -0.2) is 4.39 Å². The van der Waals surface area contributed by atoms with E-state index in [4.69, 9.17) is 23.1 Å². The van der Waals surface area contributed by atoms with E-state index in [0.29, 0.717) is 6.54 Å². The maximum absolute atomic E-state index is 13.7. The molecule has 1 amide bonds. The van der Waals surface area contributed by atoms with E-state index in [9.17, 15) is 9.18 Å². The van der Waals surface area contributed by atoms with Crippen LogP contribution in [0.5, 0.6) is 0 Å². The number of hydrogen-bond donors (Lipinski definition) is 4. The van der Waals surface area contributed by atoms with Gasteiger partial charge in [0.15, 0.2) is 5.82 Å². The third-order valence-corrected chi connectivity index (χ3v) is 2.68. The second-order valence-corrected chi connectivity index (χ2v) is 4.07. The number of benzene rings is 1. The van der Waals surface area contributed by atoms with Crippen molar-refractivity contribution in [2.24, 2.45) is 0 Å². The van der Waals surface area contributed by atoms with Gasteiger partial charge >= 0.3 is 0 Å². The first-order valence-corrected chi connectivity index (χ1v) is 5.88. The third kappa shape index (κ3) is 3.40. The summed E-state index contributed by atoms with van der Waals surface area (Å²) in [6.45, 7) is 2.64. The topological polar surface area (TPSA) is 93.2 Å². The Balaban J connectivity index is 2.68. The molecular weight excluding hydrogens is 259 g/mol. The van der Waals surface area contributed by atoms with Crippen molar-refractivity contribution >= 4 is 34.6 Å². The third-order valence-electron chi connectivity index (χ3n) is 2.29. The Morgan fingerprint density at radius 3 is 2.72 bits per heavy atom. The lowest BCUT2D eigenvalue weighted by Gasteiger charge is -2.12. The molecule has 0 radical (unpaired) electrons. The lowest BCUT2D eigenvalue weighted by atomic mass is 10.2. The summed E-state index contributed by atoms with van der Waals surface area (Å²) < 4.78 is 13.7. The van der Waals surface area contributed by atoms with Crippen LogP contribution in [-0.2, 0) is 4.79 Å².